The van der Waals surface area contributed by atoms with Gasteiger partial charge in [0.15, 0.2) is 0 Å². The van der Waals surface area contributed by atoms with Crippen molar-refractivity contribution in [2.75, 3.05) is 0 Å². The van der Waals surface area contributed by atoms with Gasteiger partial charge in [-0.05, 0) is 39.9 Å². The molecule has 4 rings (SSSR count). The molecule has 0 spiro atoms. The van der Waals surface area contributed by atoms with Crippen LogP contribution >= 0.6 is 0 Å². The maximum absolute atomic E-state index is 13.1. The fourth-order valence-corrected chi connectivity index (χ4v) is 3.39. The van der Waals surface area contributed by atoms with Crippen LogP contribution in [-0.2, 0) is 0 Å². The van der Waals surface area contributed by atoms with Gasteiger partial charge < -0.3 is 5.11 Å². The molecule has 22 heavy (non-hydrogen) atoms. The monoisotopic (exact) mass is 290 g/mol. The molecule has 2 heteroatoms. The Kier molecular flexibility index (Phi) is 3.05. The standard InChI is InChI=1S/C20H15FO/c21-14-11-9-13(10-12-14)20(22)19-17-7-3-1-5-15(17)16-6-2-4-8-18(16)19/h1-12,19-20,22H. The van der Waals surface area contributed by atoms with Crippen LogP contribution in [0.1, 0.15) is 28.7 Å². The molecule has 0 heterocycles. The van der Waals surface area contributed by atoms with Crippen LogP contribution in [0.4, 0.5) is 4.39 Å². The first-order valence-corrected chi connectivity index (χ1v) is 7.37. The Hall–Kier alpha value is -2.45. The second kappa shape index (κ2) is 5.08. The second-order valence-corrected chi connectivity index (χ2v) is 5.65. The third-order valence-electron chi connectivity index (χ3n) is 4.41. The van der Waals surface area contributed by atoms with Crippen molar-refractivity contribution in [3.05, 3.63) is 95.3 Å². The zero-order valence-corrected chi connectivity index (χ0v) is 11.9. The van der Waals surface area contributed by atoms with Gasteiger partial charge in [0.05, 0.1) is 6.10 Å². The molecule has 0 bridgehead atoms. The molecule has 0 saturated heterocycles. The van der Waals surface area contributed by atoms with Crippen molar-refractivity contribution in [3.63, 3.8) is 0 Å². The number of fused-ring (bicyclic) bond motifs is 3. The number of benzene rings is 3. The lowest BCUT2D eigenvalue weighted by Gasteiger charge is -2.21. The molecule has 0 fully saturated rings. The second-order valence-electron chi connectivity index (χ2n) is 5.65. The molecule has 0 aromatic heterocycles. The third kappa shape index (κ3) is 1.96. The topological polar surface area (TPSA) is 20.2 Å². The summed E-state index contributed by atoms with van der Waals surface area (Å²) in [6, 6.07) is 22.4. The molecular weight excluding hydrogens is 275 g/mol. The summed E-state index contributed by atoms with van der Waals surface area (Å²) in [5.41, 5.74) is 5.33. The highest BCUT2D eigenvalue weighted by Crippen LogP contribution is 2.49. The van der Waals surface area contributed by atoms with E-state index in [0.29, 0.717) is 0 Å². The number of hydrogen-bond donors (Lipinski definition) is 1. The van der Waals surface area contributed by atoms with E-state index in [1.807, 2.05) is 24.3 Å². The number of aliphatic hydroxyl groups excluding tert-OH is 1. The molecule has 3 aromatic carbocycles. The minimum absolute atomic E-state index is 0.113. The fraction of sp³-hybridized carbons (Fsp3) is 0.100. The van der Waals surface area contributed by atoms with E-state index in [-0.39, 0.29) is 11.7 Å². The Labute approximate surface area is 128 Å². The lowest BCUT2D eigenvalue weighted by molar-refractivity contribution is 0.160. The molecule has 0 radical (unpaired) electrons. The summed E-state index contributed by atoms with van der Waals surface area (Å²) in [6.45, 7) is 0. The zero-order chi connectivity index (χ0) is 15.1. The van der Waals surface area contributed by atoms with Crippen LogP contribution in [0.2, 0.25) is 0 Å². The maximum atomic E-state index is 13.1. The molecule has 1 N–H and O–H groups in total. The molecule has 0 amide bonds. The number of hydrogen-bond acceptors (Lipinski definition) is 1. The predicted octanol–water partition coefficient (Wildman–Crippen LogP) is 4.67. The van der Waals surface area contributed by atoms with Crippen molar-refractivity contribution in [2.45, 2.75) is 12.0 Å². The van der Waals surface area contributed by atoms with E-state index < -0.39 is 6.10 Å². The van der Waals surface area contributed by atoms with E-state index >= 15 is 0 Å². The van der Waals surface area contributed by atoms with Crippen LogP contribution in [0.15, 0.2) is 72.8 Å². The SMILES string of the molecule is OC(c1ccc(F)cc1)C1c2ccccc2-c2ccccc21. The van der Waals surface area contributed by atoms with Crippen LogP contribution in [-0.4, -0.2) is 5.11 Å². The molecule has 0 aliphatic heterocycles. The summed E-state index contributed by atoms with van der Waals surface area (Å²) in [6.07, 6.45) is -0.689. The average molecular weight is 290 g/mol. The van der Waals surface area contributed by atoms with Gasteiger partial charge in [-0.1, -0.05) is 60.7 Å². The smallest absolute Gasteiger partial charge is 0.123 e. The average Bonchev–Trinajstić information content (AvgIpc) is 2.89. The van der Waals surface area contributed by atoms with E-state index in [4.69, 9.17) is 0 Å². The van der Waals surface area contributed by atoms with Crippen molar-refractivity contribution >= 4 is 0 Å². The lowest BCUT2D eigenvalue weighted by Crippen LogP contribution is -2.10. The van der Waals surface area contributed by atoms with Crippen molar-refractivity contribution in [1.29, 1.82) is 0 Å². The molecule has 108 valence electrons. The first-order valence-electron chi connectivity index (χ1n) is 7.37. The third-order valence-corrected chi connectivity index (χ3v) is 4.41. The van der Waals surface area contributed by atoms with Gasteiger partial charge in [-0.3, -0.25) is 0 Å². The number of aliphatic hydroxyl groups is 1. The first-order chi connectivity index (χ1) is 10.8. The zero-order valence-electron chi connectivity index (χ0n) is 11.9. The Morgan fingerprint density at radius 2 is 1.23 bits per heavy atom. The van der Waals surface area contributed by atoms with Crippen LogP contribution < -0.4 is 0 Å². The molecule has 3 aromatic rings. The number of halogens is 1. The lowest BCUT2D eigenvalue weighted by atomic mass is 9.87. The van der Waals surface area contributed by atoms with Gasteiger partial charge in [0, 0.05) is 5.92 Å². The van der Waals surface area contributed by atoms with Crippen molar-refractivity contribution < 1.29 is 9.50 Å². The van der Waals surface area contributed by atoms with E-state index in [1.165, 1.54) is 23.3 Å². The van der Waals surface area contributed by atoms with Gasteiger partial charge in [-0.25, -0.2) is 4.39 Å². The first kappa shape index (κ1) is 13.2. The van der Waals surface area contributed by atoms with Crippen LogP contribution in [0.3, 0.4) is 0 Å². The highest BCUT2D eigenvalue weighted by molar-refractivity contribution is 5.79. The summed E-state index contributed by atoms with van der Waals surface area (Å²) in [7, 11) is 0. The van der Waals surface area contributed by atoms with Crippen molar-refractivity contribution in [3.8, 4) is 11.1 Å². The van der Waals surface area contributed by atoms with Gasteiger partial charge in [-0.2, -0.15) is 0 Å². The Morgan fingerprint density at radius 3 is 1.77 bits per heavy atom. The summed E-state index contributed by atoms with van der Waals surface area (Å²) in [5, 5.41) is 10.9. The minimum Gasteiger partial charge on any atom is -0.387 e. The highest BCUT2D eigenvalue weighted by Gasteiger charge is 2.33. The van der Waals surface area contributed by atoms with Crippen molar-refractivity contribution in [1.82, 2.24) is 0 Å². The molecular formula is C20H15FO. The molecule has 1 aliphatic carbocycles. The summed E-state index contributed by atoms with van der Waals surface area (Å²) in [5.74, 6) is -0.402. The number of rotatable bonds is 2. The van der Waals surface area contributed by atoms with Gasteiger partial charge in [0.2, 0.25) is 0 Å². The maximum Gasteiger partial charge on any atom is 0.123 e. The molecule has 1 nitrogen and oxygen atoms in total. The van der Waals surface area contributed by atoms with E-state index in [1.54, 1.807) is 12.1 Å². The van der Waals surface area contributed by atoms with Gasteiger partial charge in [0.25, 0.3) is 0 Å². The van der Waals surface area contributed by atoms with Gasteiger partial charge in [-0.15, -0.1) is 0 Å². The summed E-state index contributed by atoms with van der Waals surface area (Å²) in [4.78, 5) is 0. The molecule has 0 saturated carbocycles. The van der Waals surface area contributed by atoms with Crippen LogP contribution in [0.5, 0.6) is 0 Å². The summed E-state index contributed by atoms with van der Waals surface area (Å²) < 4.78 is 13.1. The Bertz CT molecular complexity index is 778. The van der Waals surface area contributed by atoms with E-state index in [0.717, 1.165) is 16.7 Å². The van der Waals surface area contributed by atoms with E-state index in [2.05, 4.69) is 24.3 Å². The molecule has 1 aliphatic rings. The quantitative estimate of drug-likeness (QED) is 0.727. The largest absolute Gasteiger partial charge is 0.387 e. The normalized spacial score (nSPS) is 14.5. The van der Waals surface area contributed by atoms with Gasteiger partial charge >= 0.3 is 0 Å². The predicted molar refractivity (Wildman–Crippen MR) is 85.1 cm³/mol. The minimum atomic E-state index is -0.689. The van der Waals surface area contributed by atoms with Crippen LogP contribution in [0, 0.1) is 5.82 Å². The fourth-order valence-electron chi connectivity index (χ4n) is 3.39. The summed E-state index contributed by atoms with van der Waals surface area (Å²) >= 11 is 0. The van der Waals surface area contributed by atoms with Crippen molar-refractivity contribution in [2.24, 2.45) is 0 Å². The Balaban J connectivity index is 1.86. The molecule has 1 unspecified atom stereocenters. The Morgan fingerprint density at radius 1 is 0.727 bits per heavy atom. The molecule has 1 atom stereocenters. The highest BCUT2D eigenvalue weighted by atomic mass is 19.1. The van der Waals surface area contributed by atoms with E-state index in [9.17, 15) is 9.50 Å². The van der Waals surface area contributed by atoms with Crippen LogP contribution in [0.25, 0.3) is 11.1 Å². The van der Waals surface area contributed by atoms with Gasteiger partial charge in [0.1, 0.15) is 5.82 Å².